The maximum atomic E-state index is 11.2. The minimum atomic E-state index is -0.0322. The van der Waals surface area contributed by atoms with Gasteiger partial charge in [-0.1, -0.05) is 60.1 Å². The van der Waals surface area contributed by atoms with Crippen molar-refractivity contribution in [1.82, 2.24) is 5.32 Å². The summed E-state index contributed by atoms with van der Waals surface area (Å²) in [7, 11) is 0. The van der Waals surface area contributed by atoms with Gasteiger partial charge in [-0.2, -0.15) is 0 Å². The Labute approximate surface area is 134 Å². The van der Waals surface area contributed by atoms with E-state index in [9.17, 15) is 4.79 Å². The van der Waals surface area contributed by atoms with Crippen LogP contribution >= 0.6 is 11.6 Å². The molecule has 3 rings (SSSR count). The van der Waals surface area contributed by atoms with Crippen molar-refractivity contribution in [2.24, 2.45) is 0 Å². The maximum Gasteiger partial charge on any atom is 0.217 e. The van der Waals surface area contributed by atoms with Gasteiger partial charge in [0.15, 0.2) is 0 Å². The summed E-state index contributed by atoms with van der Waals surface area (Å²) >= 11 is 6.00. The molecule has 0 heterocycles. The molecule has 0 aliphatic heterocycles. The van der Waals surface area contributed by atoms with Crippen molar-refractivity contribution in [3.05, 3.63) is 71.2 Å². The second-order valence-corrected chi connectivity index (χ2v) is 5.67. The van der Waals surface area contributed by atoms with E-state index in [4.69, 9.17) is 11.6 Å². The Morgan fingerprint density at radius 3 is 2.45 bits per heavy atom. The summed E-state index contributed by atoms with van der Waals surface area (Å²) in [6, 6.07) is 20.2. The molecule has 0 aromatic heterocycles. The molecule has 1 amide bonds. The third-order valence-electron chi connectivity index (χ3n) is 3.68. The molecule has 110 valence electrons. The van der Waals surface area contributed by atoms with Crippen molar-refractivity contribution < 1.29 is 4.79 Å². The quantitative estimate of drug-likeness (QED) is 0.740. The van der Waals surface area contributed by atoms with Crippen molar-refractivity contribution >= 4 is 28.3 Å². The van der Waals surface area contributed by atoms with Crippen LogP contribution in [0.4, 0.5) is 0 Å². The van der Waals surface area contributed by atoms with E-state index in [-0.39, 0.29) is 5.91 Å². The highest BCUT2D eigenvalue weighted by atomic mass is 35.5. The van der Waals surface area contributed by atoms with Gasteiger partial charge >= 0.3 is 0 Å². The van der Waals surface area contributed by atoms with Gasteiger partial charge in [0.25, 0.3) is 0 Å². The van der Waals surface area contributed by atoms with Crippen molar-refractivity contribution in [2.45, 2.75) is 13.5 Å². The average molecular weight is 310 g/mol. The van der Waals surface area contributed by atoms with Gasteiger partial charge in [0.2, 0.25) is 5.91 Å². The third kappa shape index (κ3) is 2.97. The fourth-order valence-electron chi connectivity index (χ4n) is 2.64. The maximum absolute atomic E-state index is 11.2. The molecule has 0 radical (unpaired) electrons. The summed E-state index contributed by atoms with van der Waals surface area (Å²) in [5.41, 5.74) is 3.33. The molecule has 0 bridgehead atoms. The number of carbonyl (C=O) groups excluding carboxylic acids is 1. The summed E-state index contributed by atoms with van der Waals surface area (Å²) < 4.78 is 0. The van der Waals surface area contributed by atoms with E-state index in [0.717, 1.165) is 16.7 Å². The van der Waals surface area contributed by atoms with Gasteiger partial charge < -0.3 is 5.32 Å². The Morgan fingerprint density at radius 1 is 1.00 bits per heavy atom. The van der Waals surface area contributed by atoms with Crippen LogP contribution in [-0.2, 0) is 11.3 Å². The van der Waals surface area contributed by atoms with E-state index in [1.54, 1.807) is 0 Å². The molecule has 3 aromatic carbocycles. The van der Waals surface area contributed by atoms with E-state index in [1.807, 2.05) is 36.4 Å². The Hall–Kier alpha value is -2.32. The van der Waals surface area contributed by atoms with E-state index in [1.165, 1.54) is 17.7 Å². The van der Waals surface area contributed by atoms with Crippen LogP contribution in [0.1, 0.15) is 12.5 Å². The summed E-state index contributed by atoms with van der Waals surface area (Å²) in [6.07, 6.45) is 0. The number of hydrogen-bond donors (Lipinski definition) is 1. The van der Waals surface area contributed by atoms with Crippen molar-refractivity contribution in [2.75, 3.05) is 0 Å². The molecule has 0 unspecified atom stereocenters. The summed E-state index contributed by atoms with van der Waals surface area (Å²) in [5.74, 6) is -0.0322. The van der Waals surface area contributed by atoms with Crippen LogP contribution in [0, 0.1) is 0 Å². The molecule has 0 aliphatic rings. The standard InChI is InChI=1S/C19H16ClNO/c1-13(22)21-12-16-7-6-14-4-2-3-5-18(14)19(16)15-8-10-17(20)11-9-15/h2-11H,12H2,1H3,(H,21,22). The zero-order chi connectivity index (χ0) is 15.5. The molecule has 1 N–H and O–H groups in total. The highest BCUT2D eigenvalue weighted by Crippen LogP contribution is 2.33. The normalized spacial score (nSPS) is 10.6. The smallest absolute Gasteiger partial charge is 0.217 e. The average Bonchev–Trinajstić information content (AvgIpc) is 2.53. The molecule has 0 atom stereocenters. The second kappa shape index (κ2) is 6.20. The summed E-state index contributed by atoms with van der Waals surface area (Å²) in [6.45, 7) is 2.04. The van der Waals surface area contributed by atoms with Gasteiger partial charge in [-0.05, 0) is 39.6 Å². The first-order chi connectivity index (χ1) is 10.6. The molecule has 0 saturated carbocycles. The first kappa shape index (κ1) is 14.6. The van der Waals surface area contributed by atoms with E-state index in [2.05, 4.69) is 29.6 Å². The first-order valence-corrected chi connectivity index (χ1v) is 7.54. The van der Waals surface area contributed by atoms with Crippen molar-refractivity contribution in [1.29, 1.82) is 0 Å². The van der Waals surface area contributed by atoms with Gasteiger partial charge in [-0.15, -0.1) is 0 Å². The van der Waals surface area contributed by atoms with E-state index >= 15 is 0 Å². The molecule has 2 nitrogen and oxygen atoms in total. The molecule has 0 aliphatic carbocycles. The number of amides is 1. The lowest BCUT2D eigenvalue weighted by molar-refractivity contribution is -0.119. The van der Waals surface area contributed by atoms with Crippen LogP contribution in [0.5, 0.6) is 0 Å². The Kier molecular flexibility index (Phi) is 4.12. The Balaban J connectivity index is 2.19. The molecule has 3 heteroatoms. The number of fused-ring (bicyclic) bond motifs is 1. The fraction of sp³-hybridized carbons (Fsp3) is 0.105. The largest absolute Gasteiger partial charge is 0.352 e. The molecular formula is C19H16ClNO. The molecule has 0 spiro atoms. The molecular weight excluding hydrogens is 294 g/mol. The molecule has 22 heavy (non-hydrogen) atoms. The van der Waals surface area contributed by atoms with Gasteiger partial charge in [0, 0.05) is 18.5 Å². The second-order valence-electron chi connectivity index (χ2n) is 5.24. The zero-order valence-corrected chi connectivity index (χ0v) is 13.0. The lowest BCUT2D eigenvalue weighted by Crippen LogP contribution is -2.19. The predicted octanol–water partition coefficient (Wildman–Crippen LogP) is 4.80. The van der Waals surface area contributed by atoms with Crippen LogP contribution in [0.15, 0.2) is 60.7 Å². The van der Waals surface area contributed by atoms with Crippen LogP contribution in [-0.4, -0.2) is 5.91 Å². The number of hydrogen-bond acceptors (Lipinski definition) is 1. The third-order valence-corrected chi connectivity index (χ3v) is 3.93. The monoisotopic (exact) mass is 309 g/mol. The van der Waals surface area contributed by atoms with Gasteiger partial charge in [-0.3, -0.25) is 4.79 Å². The van der Waals surface area contributed by atoms with Crippen LogP contribution < -0.4 is 5.32 Å². The Morgan fingerprint density at radius 2 is 1.73 bits per heavy atom. The topological polar surface area (TPSA) is 29.1 Å². The molecule has 0 fully saturated rings. The number of carbonyl (C=O) groups is 1. The number of benzene rings is 3. The van der Waals surface area contributed by atoms with Gasteiger partial charge in [-0.25, -0.2) is 0 Å². The Bertz CT molecular complexity index is 824. The fourth-order valence-corrected chi connectivity index (χ4v) is 2.77. The molecule has 0 saturated heterocycles. The van der Waals surface area contributed by atoms with E-state index in [0.29, 0.717) is 11.6 Å². The van der Waals surface area contributed by atoms with Gasteiger partial charge in [0.05, 0.1) is 0 Å². The summed E-state index contributed by atoms with van der Waals surface area (Å²) in [4.78, 5) is 11.2. The number of nitrogens with one attached hydrogen (secondary N) is 1. The summed E-state index contributed by atoms with van der Waals surface area (Å²) in [5, 5.41) is 5.95. The lowest BCUT2D eigenvalue weighted by Gasteiger charge is -2.14. The number of halogens is 1. The predicted molar refractivity (Wildman–Crippen MR) is 91.9 cm³/mol. The zero-order valence-electron chi connectivity index (χ0n) is 12.3. The van der Waals surface area contributed by atoms with Crippen molar-refractivity contribution in [3.63, 3.8) is 0 Å². The van der Waals surface area contributed by atoms with Crippen LogP contribution in [0.25, 0.3) is 21.9 Å². The van der Waals surface area contributed by atoms with E-state index < -0.39 is 0 Å². The highest BCUT2D eigenvalue weighted by molar-refractivity contribution is 6.30. The minimum absolute atomic E-state index is 0.0322. The number of rotatable bonds is 3. The van der Waals surface area contributed by atoms with Gasteiger partial charge in [0.1, 0.15) is 0 Å². The first-order valence-electron chi connectivity index (χ1n) is 7.16. The molecule has 3 aromatic rings. The highest BCUT2D eigenvalue weighted by Gasteiger charge is 2.10. The van der Waals surface area contributed by atoms with Crippen LogP contribution in [0.2, 0.25) is 5.02 Å². The SMILES string of the molecule is CC(=O)NCc1ccc2ccccc2c1-c1ccc(Cl)cc1. The van der Waals surface area contributed by atoms with Crippen LogP contribution in [0.3, 0.4) is 0 Å². The minimum Gasteiger partial charge on any atom is -0.352 e. The van der Waals surface area contributed by atoms with Crippen molar-refractivity contribution in [3.8, 4) is 11.1 Å². The lowest BCUT2D eigenvalue weighted by atomic mass is 9.93.